The molecular weight excluding hydrogens is 217 g/mol. The first kappa shape index (κ1) is 11.4. The van der Waals surface area contributed by atoms with Crippen molar-refractivity contribution in [1.29, 1.82) is 5.26 Å². The minimum Gasteiger partial charge on any atom is -0.198 e. The van der Waals surface area contributed by atoms with Crippen molar-refractivity contribution in [3.63, 3.8) is 0 Å². The highest BCUT2D eigenvalue weighted by atomic mass is 35.5. The summed E-state index contributed by atoms with van der Waals surface area (Å²) in [4.78, 5) is 0. The SMILES string of the molecule is CCC[C@@H](C#N)c1ccc(Cl)cc1Cl. The van der Waals surface area contributed by atoms with Crippen molar-refractivity contribution in [2.75, 3.05) is 0 Å². The molecule has 0 fully saturated rings. The van der Waals surface area contributed by atoms with E-state index in [1.54, 1.807) is 12.1 Å². The van der Waals surface area contributed by atoms with E-state index in [1.165, 1.54) is 0 Å². The van der Waals surface area contributed by atoms with E-state index in [0.717, 1.165) is 18.4 Å². The predicted octanol–water partition coefficient (Wildman–Crippen LogP) is 4.40. The number of hydrogen-bond acceptors (Lipinski definition) is 1. The number of nitrogens with zero attached hydrogens (tertiary/aromatic N) is 1. The van der Waals surface area contributed by atoms with Gasteiger partial charge in [-0.15, -0.1) is 0 Å². The molecule has 0 amide bonds. The third-order valence-corrected chi connectivity index (χ3v) is 2.63. The molecule has 0 aliphatic heterocycles. The molecule has 0 unspecified atom stereocenters. The Morgan fingerprint density at radius 2 is 2.14 bits per heavy atom. The summed E-state index contributed by atoms with van der Waals surface area (Å²) in [7, 11) is 0. The molecule has 1 aromatic rings. The Bertz CT molecular complexity index is 355. The molecule has 0 bridgehead atoms. The van der Waals surface area contributed by atoms with Crippen LogP contribution in [0.2, 0.25) is 10.0 Å². The van der Waals surface area contributed by atoms with Gasteiger partial charge in [0.25, 0.3) is 0 Å². The smallest absolute Gasteiger partial charge is 0.0727 e. The van der Waals surface area contributed by atoms with Gasteiger partial charge in [0.1, 0.15) is 0 Å². The van der Waals surface area contributed by atoms with Crippen LogP contribution in [0.15, 0.2) is 18.2 Å². The van der Waals surface area contributed by atoms with E-state index in [4.69, 9.17) is 28.5 Å². The molecule has 0 saturated carbocycles. The Morgan fingerprint density at radius 3 is 2.64 bits per heavy atom. The van der Waals surface area contributed by atoms with Crippen LogP contribution in [-0.4, -0.2) is 0 Å². The second kappa shape index (κ2) is 5.24. The van der Waals surface area contributed by atoms with Crippen molar-refractivity contribution in [3.05, 3.63) is 33.8 Å². The minimum absolute atomic E-state index is 0.121. The third kappa shape index (κ3) is 2.64. The molecule has 0 aromatic heterocycles. The molecule has 1 aromatic carbocycles. The van der Waals surface area contributed by atoms with Crippen LogP contribution in [0.25, 0.3) is 0 Å². The Morgan fingerprint density at radius 1 is 1.43 bits per heavy atom. The van der Waals surface area contributed by atoms with Crippen molar-refractivity contribution >= 4 is 23.2 Å². The third-order valence-electron chi connectivity index (χ3n) is 2.07. The Hall–Kier alpha value is -0.710. The molecule has 1 nitrogen and oxygen atoms in total. The van der Waals surface area contributed by atoms with Crippen LogP contribution >= 0.6 is 23.2 Å². The average Bonchev–Trinajstić information content (AvgIpc) is 2.15. The molecule has 0 heterocycles. The zero-order chi connectivity index (χ0) is 10.6. The molecule has 0 aliphatic carbocycles. The molecule has 74 valence electrons. The average molecular weight is 228 g/mol. The Labute approximate surface area is 94.3 Å². The van der Waals surface area contributed by atoms with Gasteiger partial charge < -0.3 is 0 Å². The minimum atomic E-state index is -0.121. The second-order valence-corrected chi connectivity index (χ2v) is 3.98. The summed E-state index contributed by atoms with van der Waals surface area (Å²) in [6, 6.07) is 7.53. The van der Waals surface area contributed by atoms with Crippen molar-refractivity contribution in [2.45, 2.75) is 25.7 Å². The highest BCUT2D eigenvalue weighted by molar-refractivity contribution is 6.35. The summed E-state index contributed by atoms with van der Waals surface area (Å²) < 4.78 is 0. The summed E-state index contributed by atoms with van der Waals surface area (Å²) in [6.45, 7) is 2.05. The standard InChI is InChI=1S/C11H11Cl2N/c1-2-3-8(7-14)10-5-4-9(12)6-11(10)13/h4-6,8H,2-3H2,1H3/t8-/m0/s1. The van der Waals surface area contributed by atoms with E-state index in [2.05, 4.69) is 6.07 Å². The number of hydrogen-bond donors (Lipinski definition) is 0. The molecular formula is C11H11Cl2N. The number of rotatable bonds is 3. The van der Waals surface area contributed by atoms with Gasteiger partial charge in [-0.25, -0.2) is 0 Å². The zero-order valence-corrected chi connectivity index (χ0v) is 9.44. The van der Waals surface area contributed by atoms with Crippen LogP contribution in [-0.2, 0) is 0 Å². The summed E-state index contributed by atoms with van der Waals surface area (Å²) in [5, 5.41) is 10.1. The van der Waals surface area contributed by atoms with E-state index in [0.29, 0.717) is 10.0 Å². The fourth-order valence-corrected chi connectivity index (χ4v) is 1.90. The first-order valence-electron chi connectivity index (χ1n) is 4.53. The quantitative estimate of drug-likeness (QED) is 0.752. The summed E-state index contributed by atoms with van der Waals surface area (Å²) in [6.07, 6.45) is 1.80. The molecule has 0 radical (unpaired) electrons. The van der Waals surface area contributed by atoms with Crippen LogP contribution in [0, 0.1) is 11.3 Å². The monoisotopic (exact) mass is 227 g/mol. The lowest BCUT2D eigenvalue weighted by molar-refractivity contribution is 0.727. The van der Waals surface area contributed by atoms with Gasteiger partial charge in [-0.3, -0.25) is 0 Å². The lowest BCUT2D eigenvalue weighted by Gasteiger charge is -2.09. The number of benzene rings is 1. The van der Waals surface area contributed by atoms with E-state index >= 15 is 0 Å². The molecule has 0 spiro atoms. The van der Waals surface area contributed by atoms with Gasteiger partial charge in [-0.2, -0.15) is 5.26 Å². The molecule has 14 heavy (non-hydrogen) atoms. The van der Waals surface area contributed by atoms with Gasteiger partial charge in [-0.1, -0.05) is 42.6 Å². The van der Waals surface area contributed by atoms with Crippen molar-refractivity contribution in [1.82, 2.24) is 0 Å². The highest BCUT2D eigenvalue weighted by Crippen LogP contribution is 2.29. The molecule has 0 aliphatic rings. The van der Waals surface area contributed by atoms with Crippen molar-refractivity contribution < 1.29 is 0 Å². The molecule has 0 saturated heterocycles. The largest absolute Gasteiger partial charge is 0.198 e. The topological polar surface area (TPSA) is 23.8 Å². The van der Waals surface area contributed by atoms with Gasteiger partial charge in [0.2, 0.25) is 0 Å². The predicted molar refractivity (Wildman–Crippen MR) is 59.7 cm³/mol. The second-order valence-electron chi connectivity index (χ2n) is 3.14. The van der Waals surface area contributed by atoms with E-state index < -0.39 is 0 Å². The van der Waals surface area contributed by atoms with Crippen LogP contribution in [0.4, 0.5) is 0 Å². The van der Waals surface area contributed by atoms with Crippen molar-refractivity contribution in [2.24, 2.45) is 0 Å². The first-order chi connectivity index (χ1) is 6.69. The lowest BCUT2D eigenvalue weighted by atomic mass is 9.96. The van der Waals surface area contributed by atoms with E-state index in [9.17, 15) is 0 Å². The summed E-state index contributed by atoms with van der Waals surface area (Å²) >= 11 is 11.8. The van der Waals surface area contributed by atoms with Crippen LogP contribution < -0.4 is 0 Å². The van der Waals surface area contributed by atoms with Gasteiger partial charge in [-0.05, 0) is 24.1 Å². The van der Waals surface area contributed by atoms with Gasteiger partial charge in [0.05, 0.1) is 12.0 Å². The summed E-state index contributed by atoms with van der Waals surface area (Å²) in [5.74, 6) is -0.121. The summed E-state index contributed by atoms with van der Waals surface area (Å²) in [5.41, 5.74) is 0.875. The first-order valence-corrected chi connectivity index (χ1v) is 5.29. The Kier molecular flexibility index (Phi) is 4.25. The van der Waals surface area contributed by atoms with Gasteiger partial charge in [0.15, 0.2) is 0 Å². The number of nitriles is 1. The normalized spacial score (nSPS) is 12.1. The molecule has 1 atom stereocenters. The zero-order valence-electron chi connectivity index (χ0n) is 7.93. The highest BCUT2D eigenvalue weighted by Gasteiger charge is 2.12. The maximum atomic E-state index is 8.96. The lowest BCUT2D eigenvalue weighted by Crippen LogP contribution is -1.95. The van der Waals surface area contributed by atoms with E-state index in [-0.39, 0.29) is 5.92 Å². The Balaban J connectivity index is 3.00. The molecule has 3 heteroatoms. The maximum absolute atomic E-state index is 8.96. The fraction of sp³-hybridized carbons (Fsp3) is 0.364. The van der Waals surface area contributed by atoms with E-state index in [1.807, 2.05) is 13.0 Å². The fourth-order valence-electron chi connectivity index (χ4n) is 1.36. The maximum Gasteiger partial charge on any atom is 0.0727 e. The van der Waals surface area contributed by atoms with Gasteiger partial charge in [0, 0.05) is 10.0 Å². The molecule has 0 N–H and O–H groups in total. The van der Waals surface area contributed by atoms with Crippen LogP contribution in [0.3, 0.4) is 0 Å². The van der Waals surface area contributed by atoms with Crippen molar-refractivity contribution in [3.8, 4) is 6.07 Å². The number of halogens is 2. The molecule has 1 rings (SSSR count). The van der Waals surface area contributed by atoms with Crippen LogP contribution in [0.5, 0.6) is 0 Å². The van der Waals surface area contributed by atoms with Crippen LogP contribution in [0.1, 0.15) is 31.2 Å². The van der Waals surface area contributed by atoms with Gasteiger partial charge >= 0.3 is 0 Å².